The van der Waals surface area contributed by atoms with Gasteiger partial charge >= 0.3 is 0 Å². The standard InChI is InChI=1S/C37H56BN/c1-16-22-36(14)37(15,23-17-2)39(35(11,12)13)30(10)21-19-18-20-29(9)38(36)34-32(27(5)6)24-31(26(3)4)25-33(34)28(7)8/h16-28H,9-10H2,1-8,11-15H3/b20-18-,21-19-,22-16-,23-17-/t36?,37-/m1/s1. The van der Waals surface area contributed by atoms with Gasteiger partial charge in [-0.05, 0) is 82.1 Å². The van der Waals surface area contributed by atoms with Gasteiger partial charge in [0.15, 0.2) is 0 Å². The molecule has 212 valence electrons. The maximum atomic E-state index is 4.79. The summed E-state index contributed by atoms with van der Waals surface area (Å²) in [6.07, 6.45) is 17.9. The molecule has 0 amide bonds. The average molecular weight is 526 g/mol. The van der Waals surface area contributed by atoms with Crippen LogP contribution in [-0.4, -0.2) is 22.7 Å². The minimum atomic E-state index is -0.411. The number of rotatable bonds is 6. The first-order chi connectivity index (χ1) is 18.0. The summed E-state index contributed by atoms with van der Waals surface area (Å²) in [4.78, 5) is 2.53. The van der Waals surface area contributed by atoms with E-state index in [1.807, 2.05) is 0 Å². The van der Waals surface area contributed by atoms with Crippen LogP contribution < -0.4 is 5.46 Å². The molecule has 1 unspecified atom stereocenters. The lowest BCUT2D eigenvalue weighted by atomic mass is 9.22. The molecular weight excluding hydrogens is 469 g/mol. The second kappa shape index (κ2) is 12.4. The van der Waals surface area contributed by atoms with Gasteiger partial charge in [0.2, 0.25) is 6.71 Å². The maximum Gasteiger partial charge on any atom is 0.221 e. The van der Waals surface area contributed by atoms with Gasteiger partial charge in [0.25, 0.3) is 0 Å². The van der Waals surface area contributed by atoms with Gasteiger partial charge in [-0.25, -0.2) is 0 Å². The number of nitrogens with zero attached hydrogens (tertiary/aromatic N) is 1. The predicted molar refractivity (Wildman–Crippen MR) is 179 cm³/mol. The normalized spacial score (nSPS) is 25.1. The molecule has 2 rings (SSSR count). The van der Waals surface area contributed by atoms with E-state index < -0.39 is 5.54 Å². The summed E-state index contributed by atoms with van der Waals surface area (Å²) in [6, 6.07) is 4.96. The third kappa shape index (κ3) is 6.31. The quantitative estimate of drug-likeness (QED) is 0.264. The van der Waals surface area contributed by atoms with Crippen molar-refractivity contribution < 1.29 is 0 Å². The summed E-state index contributed by atoms with van der Waals surface area (Å²) >= 11 is 0. The van der Waals surface area contributed by atoms with E-state index in [1.165, 1.54) is 22.2 Å². The molecule has 1 aliphatic rings. The van der Waals surface area contributed by atoms with Gasteiger partial charge in [-0.3, -0.25) is 0 Å². The Morgan fingerprint density at radius 2 is 1.28 bits per heavy atom. The van der Waals surface area contributed by atoms with E-state index in [0.29, 0.717) is 17.8 Å². The van der Waals surface area contributed by atoms with E-state index in [4.69, 9.17) is 6.58 Å². The van der Waals surface area contributed by atoms with Crippen LogP contribution in [0, 0.1) is 0 Å². The second-order valence-corrected chi connectivity index (χ2v) is 13.7. The van der Waals surface area contributed by atoms with Crippen molar-refractivity contribution in [1.29, 1.82) is 0 Å². The summed E-state index contributed by atoms with van der Waals surface area (Å²) in [5.74, 6) is 1.25. The Labute approximate surface area is 242 Å². The summed E-state index contributed by atoms with van der Waals surface area (Å²) in [5.41, 5.74) is 7.32. The van der Waals surface area contributed by atoms with E-state index >= 15 is 0 Å². The summed E-state index contributed by atoms with van der Waals surface area (Å²) in [6.45, 7) is 39.5. The molecule has 1 nitrogen and oxygen atoms in total. The van der Waals surface area contributed by atoms with E-state index in [1.54, 1.807) is 0 Å². The molecule has 1 aromatic carbocycles. The highest BCUT2D eigenvalue weighted by molar-refractivity contribution is 6.84. The highest BCUT2D eigenvalue weighted by Gasteiger charge is 2.55. The molecule has 0 radical (unpaired) electrons. The first-order valence-electron chi connectivity index (χ1n) is 15.0. The third-order valence-electron chi connectivity index (χ3n) is 8.66. The van der Waals surface area contributed by atoms with Crippen molar-refractivity contribution in [3.05, 3.63) is 102 Å². The fraction of sp³-hybridized carbons (Fsp3) is 0.514. The smallest absolute Gasteiger partial charge is 0.221 e. The number of hydrogen-bond donors (Lipinski definition) is 0. The number of allylic oxidation sites excluding steroid dienone is 7. The van der Waals surface area contributed by atoms with Gasteiger partial charge in [-0.1, -0.05) is 121 Å². The molecule has 0 saturated heterocycles. The van der Waals surface area contributed by atoms with Crippen LogP contribution in [0.1, 0.15) is 124 Å². The Kier molecular flexibility index (Phi) is 10.4. The Morgan fingerprint density at radius 3 is 1.69 bits per heavy atom. The van der Waals surface area contributed by atoms with E-state index in [-0.39, 0.29) is 17.6 Å². The zero-order chi connectivity index (χ0) is 29.9. The maximum absolute atomic E-state index is 4.79. The summed E-state index contributed by atoms with van der Waals surface area (Å²) in [7, 11) is 0. The van der Waals surface area contributed by atoms with Gasteiger partial charge in [0.05, 0.1) is 5.54 Å². The van der Waals surface area contributed by atoms with Crippen LogP contribution >= 0.6 is 0 Å². The number of hydrogen-bond acceptors (Lipinski definition) is 1. The third-order valence-corrected chi connectivity index (χ3v) is 8.66. The number of benzene rings is 1. The lowest BCUT2D eigenvalue weighted by molar-refractivity contribution is 0.0713. The van der Waals surface area contributed by atoms with Crippen molar-refractivity contribution in [2.45, 2.75) is 124 Å². The zero-order valence-corrected chi connectivity index (χ0v) is 27.4. The minimum absolute atomic E-state index is 0.0475. The Morgan fingerprint density at radius 1 is 0.795 bits per heavy atom. The van der Waals surface area contributed by atoms with Crippen LogP contribution in [0.15, 0.2) is 85.1 Å². The fourth-order valence-electron chi connectivity index (χ4n) is 6.88. The van der Waals surface area contributed by atoms with Crippen molar-refractivity contribution in [1.82, 2.24) is 4.90 Å². The minimum Gasteiger partial charge on any atom is -0.358 e. The lowest BCUT2D eigenvalue weighted by Crippen LogP contribution is -2.64. The molecule has 0 bridgehead atoms. The SMILES string of the molecule is C=C1/C=C\C=C/C(=C)N(C(C)(C)C)[C@](C)(/C=C\C)C(C)(/C=C\C)B1c1c(C(C)C)cc(C(C)C)cc1C(C)C. The van der Waals surface area contributed by atoms with Crippen molar-refractivity contribution in [2.75, 3.05) is 0 Å². The first kappa shape index (κ1) is 32.7. The van der Waals surface area contributed by atoms with E-state index in [0.717, 1.165) is 11.2 Å². The predicted octanol–water partition coefficient (Wildman–Crippen LogP) is 10.3. The van der Waals surface area contributed by atoms with E-state index in [2.05, 4.69) is 162 Å². The van der Waals surface area contributed by atoms with Crippen LogP contribution in [-0.2, 0) is 0 Å². The molecule has 1 heterocycles. The lowest BCUT2D eigenvalue weighted by Gasteiger charge is -2.59. The molecular formula is C37H56BN. The molecule has 0 aliphatic carbocycles. The second-order valence-electron chi connectivity index (χ2n) is 13.7. The Bertz CT molecular complexity index is 1140. The molecule has 0 spiro atoms. The van der Waals surface area contributed by atoms with Crippen molar-refractivity contribution in [3.63, 3.8) is 0 Å². The summed E-state index contributed by atoms with van der Waals surface area (Å²) in [5, 5.41) is -0.357. The van der Waals surface area contributed by atoms with Gasteiger partial charge in [-0.15, -0.1) is 6.58 Å². The van der Waals surface area contributed by atoms with Crippen LogP contribution in [0.2, 0.25) is 5.31 Å². The van der Waals surface area contributed by atoms with Crippen LogP contribution in [0.4, 0.5) is 0 Å². The van der Waals surface area contributed by atoms with Crippen molar-refractivity contribution in [3.8, 4) is 0 Å². The first-order valence-corrected chi connectivity index (χ1v) is 15.0. The molecule has 2 heteroatoms. The van der Waals surface area contributed by atoms with Gasteiger partial charge < -0.3 is 4.90 Å². The average Bonchev–Trinajstić information content (AvgIpc) is 2.80. The van der Waals surface area contributed by atoms with Gasteiger partial charge in [-0.2, -0.15) is 0 Å². The van der Waals surface area contributed by atoms with Gasteiger partial charge in [0.1, 0.15) is 0 Å². The van der Waals surface area contributed by atoms with Crippen LogP contribution in [0.5, 0.6) is 0 Å². The Balaban J connectivity index is 3.27. The molecule has 0 fully saturated rings. The highest BCUT2D eigenvalue weighted by atomic mass is 15.3. The summed E-state index contributed by atoms with van der Waals surface area (Å²) < 4.78 is 0. The zero-order valence-electron chi connectivity index (χ0n) is 27.4. The molecule has 1 aliphatic heterocycles. The molecule has 39 heavy (non-hydrogen) atoms. The molecule has 0 saturated carbocycles. The fourth-order valence-corrected chi connectivity index (χ4v) is 6.88. The molecule has 0 N–H and O–H groups in total. The largest absolute Gasteiger partial charge is 0.358 e. The molecule has 1 aromatic rings. The van der Waals surface area contributed by atoms with Crippen LogP contribution in [0.3, 0.4) is 0 Å². The highest BCUT2D eigenvalue weighted by Crippen LogP contribution is 2.53. The molecule has 0 aromatic heterocycles. The van der Waals surface area contributed by atoms with E-state index in [9.17, 15) is 0 Å². The van der Waals surface area contributed by atoms with Crippen molar-refractivity contribution in [2.24, 2.45) is 0 Å². The van der Waals surface area contributed by atoms with Gasteiger partial charge in [0, 0.05) is 16.6 Å². The monoisotopic (exact) mass is 525 g/mol. The van der Waals surface area contributed by atoms with Crippen molar-refractivity contribution >= 4 is 12.2 Å². The van der Waals surface area contributed by atoms with Crippen LogP contribution in [0.25, 0.3) is 0 Å². The Hall–Kier alpha value is -2.48. The molecule has 2 atom stereocenters. The topological polar surface area (TPSA) is 3.24 Å².